The van der Waals surface area contributed by atoms with Gasteiger partial charge in [0.15, 0.2) is 5.82 Å². The summed E-state index contributed by atoms with van der Waals surface area (Å²) in [4.78, 5) is 24.0. The third kappa shape index (κ3) is 3.30. The molecule has 8 heteroatoms. The highest BCUT2D eigenvalue weighted by atomic mass is 16.5. The number of carboxylic acid groups (broad SMARTS) is 1. The minimum Gasteiger partial charge on any atom is -0.481 e. The molecule has 1 atom stereocenters. The summed E-state index contributed by atoms with van der Waals surface area (Å²) in [6.07, 6.45) is 0.312. The van der Waals surface area contributed by atoms with E-state index in [2.05, 4.69) is 10.5 Å². The largest absolute Gasteiger partial charge is 0.481 e. The molecular formula is C17H21N3O5. The van der Waals surface area contributed by atoms with Crippen LogP contribution in [-0.2, 0) is 9.53 Å². The van der Waals surface area contributed by atoms with Gasteiger partial charge in [0, 0.05) is 24.1 Å². The average molecular weight is 347 g/mol. The predicted octanol–water partition coefficient (Wildman–Crippen LogP) is 1.75. The molecule has 1 unspecified atom stereocenters. The lowest BCUT2D eigenvalue weighted by Gasteiger charge is -2.27. The molecule has 3 heterocycles. The van der Waals surface area contributed by atoms with Crippen LogP contribution in [0.2, 0.25) is 0 Å². The van der Waals surface area contributed by atoms with Gasteiger partial charge in [-0.15, -0.1) is 0 Å². The maximum Gasteiger partial charge on any atom is 0.305 e. The molecule has 0 aromatic carbocycles. The molecule has 2 aromatic rings. The van der Waals surface area contributed by atoms with Crippen LogP contribution in [0.15, 0.2) is 16.7 Å². The van der Waals surface area contributed by atoms with E-state index in [1.807, 2.05) is 18.4 Å². The van der Waals surface area contributed by atoms with Crippen LogP contribution in [0.5, 0.6) is 0 Å². The van der Waals surface area contributed by atoms with Crippen molar-refractivity contribution >= 4 is 11.9 Å². The van der Waals surface area contributed by atoms with E-state index in [-0.39, 0.29) is 18.9 Å². The predicted molar refractivity (Wildman–Crippen MR) is 87.9 cm³/mol. The van der Waals surface area contributed by atoms with Gasteiger partial charge >= 0.3 is 5.97 Å². The van der Waals surface area contributed by atoms with E-state index in [9.17, 15) is 9.59 Å². The Balaban J connectivity index is 1.89. The minimum absolute atomic E-state index is 0.167. The van der Waals surface area contributed by atoms with Crippen molar-refractivity contribution in [3.8, 4) is 5.82 Å². The summed E-state index contributed by atoms with van der Waals surface area (Å²) in [7, 11) is 0. The van der Waals surface area contributed by atoms with Crippen molar-refractivity contribution in [2.75, 3.05) is 13.2 Å². The summed E-state index contributed by atoms with van der Waals surface area (Å²) in [5, 5.41) is 16.0. The molecular weight excluding hydrogens is 326 g/mol. The van der Waals surface area contributed by atoms with Crippen LogP contribution in [0.25, 0.3) is 5.82 Å². The van der Waals surface area contributed by atoms with Crippen molar-refractivity contribution in [2.45, 2.75) is 39.2 Å². The van der Waals surface area contributed by atoms with E-state index in [0.29, 0.717) is 35.9 Å². The van der Waals surface area contributed by atoms with Gasteiger partial charge in [-0.3, -0.25) is 14.2 Å². The molecule has 0 spiro atoms. The topological polar surface area (TPSA) is 107 Å². The summed E-state index contributed by atoms with van der Waals surface area (Å²) in [5.41, 5.74) is 1.17. The van der Waals surface area contributed by atoms with Gasteiger partial charge < -0.3 is 19.7 Å². The third-order valence-corrected chi connectivity index (χ3v) is 4.49. The number of ether oxygens (including phenoxy) is 1. The number of carboxylic acids is 1. The summed E-state index contributed by atoms with van der Waals surface area (Å²) < 4.78 is 12.3. The standard InChI is InChI=1S/C17H21N3O5/c1-10-6-13(12(3)20(10)14-7-11(2)25-19-14)16(23)18-17(8-15(21)22)4-5-24-9-17/h6-7H,4-5,8-9H2,1-3H3,(H,18,23)(H,21,22). The summed E-state index contributed by atoms with van der Waals surface area (Å²) >= 11 is 0. The van der Waals surface area contributed by atoms with Crippen molar-refractivity contribution in [3.05, 3.63) is 34.8 Å². The summed E-state index contributed by atoms with van der Waals surface area (Å²) in [6.45, 7) is 6.13. The van der Waals surface area contributed by atoms with E-state index < -0.39 is 11.5 Å². The molecule has 0 radical (unpaired) electrons. The molecule has 134 valence electrons. The molecule has 1 aliphatic rings. The second-order valence-electron chi connectivity index (χ2n) is 6.52. The van der Waals surface area contributed by atoms with Crippen LogP contribution in [0.4, 0.5) is 0 Å². The maximum absolute atomic E-state index is 12.8. The van der Waals surface area contributed by atoms with Crippen molar-refractivity contribution in [1.82, 2.24) is 15.0 Å². The highest BCUT2D eigenvalue weighted by Crippen LogP contribution is 2.25. The first-order valence-corrected chi connectivity index (χ1v) is 8.06. The first kappa shape index (κ1) is 17.2. The molecule has 2 N–H and O–H groups in total. The van der Waals surface area contributed by atoms with E-state index in [1.54, 1.807) is 19.1 Å². The van der Waals surface area contributed by atoms with Crippen molar-refractivity contribution in [1.29, 1.82) is 0 Å². The molecule has 1 fully saturated rings. The second kappa shape index (κ2) is 6.36. The molecule has 25 heavy (non-hydrogen) atoms. The van der Waals surface area contributed by atoms with Gasteiger partial charge in [-0.05, 0) is 33.3 Å². The van der Waals surface area contributed by atoms with Gasteiger partial charge in [0.05, 0.1) is 24.1 Å². The molecule has 2 aromatic heterocycles. The first-order chi connectivity index (χ1) is 11.8. The fourth-order valence-electron chi connectivity index (χ4n) is 3.29. The van der Waals surface area contributed by atoms with Crippen LogP contribution < -0.4 is 5.32 Å². The van der Waals surface area contributed by atoms with Gasteiger partial charge in [-0.2, -0.15) is 0 Å². The number of aliphatic carboxylic acids is 1. The van der Waals surface area contributed by atoms with Gasteiger partial charge in [0.1, 0.15) is 5.76 Å². The number of hydrogen-bond donors (Lipinski definition) is 2. The van der Waals surface area contributed by atoms with Crippen LogP contribution >= 0.6 is 0 Å². The highest BCUT2D eigenvalue weighted by molar-refractivity contribution is 5.96. The Morgan fingerprint density at radius 3 is 2.68 bits per heavy atom. The number of nitrogens with zero attached hydrogens (tertiary/aromatic N) is 2. The molecule has 1 aliphatic heterocycles. The normalized spacial score (nSPS) is 20.0. The SMILES string of the molecule is Cc1cc(-n2c(C)cc(C(=O)NC3(CC(=O)O)CCOC3)c2C)no1. The van der Waals surface area contributed by atoms with Crippen LogP contribution in [0.1, 0.15) is 40.3 Å². The lowest BCUT2D eigenvalue weighted by Crippen LogP contribution is -2.50. The van der Waals surface area contributed by atoms with E-state index in [1.165, 1.54) is 0 Å². The van der Waals surface area contributed by atoms with Crippen molar-refractivity contribution in [2.24, 2.45) is 0 Å². The lowest BCUT2D eigenvalue weighted by atomic mass is 9.93. The summed E-state index contributed by atoms with van der Waals surface area (Å²) in [5.74, 6) is 0.00803. The number of aryl methyl sites for hydroxylation is 2. The molecule has 0 bridgehead atoms. The molecule has 0 aliphatic carbocycles. The van der Waals surface area contributed by atoms with Gasteiger partial charge in [0.25, 0.3) is 5.91 Å². The molecule has 3 rings (SSSR count). The van der Waals surface area contributed by atoms with E-state index in [4.69, 9.17) is 14.4 Å². The Hall–Kier alpha value is -2.61. The number of nitrogens with one attached hydrogen (secondary N) is 1. The van der Waals surface area contributed by atoms with Gasteiger partial charge in [0.2, 0.25) is 0 Å². The Bertz CT molecular complexity index is 814. The van der Waals surface area contributed by atoms with Gasteiger partial charge in [-0.1, -0.05) is 5.16 Å². The molecule has 1 amide bonds. The van der Waals surface area contributed by atoms with Crippen molar-refractivity contribution in [3.63, 3.8) is 0 Å². The van der Waals surface area contributed by atoms with Crippen LogP contribution in [-0.4, -0.2) is 45.5 Å². The Morgan fingerprint density at radius 1 is 1.36 bits per heavy atom. The fraction of sp³-hybridized carbons (Fsp3) is 0.471. The number of aromatic nitrogens is 2. The van der Waals surface area contributed by atoms with Gasteiger partial charge in [-0.25, -0.2) is 0 Å². The van der Waals surface area contributed by atoms with E-state index in [0.717, 1.165) is 5.69 Å². The fourth-order valence-corrected chi connectivity index (χ4v) is 3.29. The number of amides is 1. The molecule has 0 saturated carbocycles. The number of rotatable bonds is 5. The average Bonchev–Trinajstić information content (AvgIpc) is 3.19. The lowest BCUT2D eigenvalue weighted by molar-refractivity contribution is -0.138. The zero-order valence-corrected chi connectivity index (χ0v) is 14.5. The number of carbonyl (C=O) groups is 2. The zero-order valence-electron chi connectivity index (χ0n) is 14.5. The quantitative estimate of drug-likeness (QED) is 0.853. The zero-order chi connectivity index (χ0) is 18.2. The van der Waals surface area contributed by atoms with Crippen LogP contribution in [0, 0.1) is 20.8 Å². The second-order valence-corrected chi connectivity index (χ2v) is 6.52. The monoisotopic (exact) mass is 347 g/mol. The highest BCUT2D eigenvalue weighted by Gasteiger charge is 2.39. The minimum atomic E-state index is -0.964. The smallest absolute Gasteiger partial charge is 0.305 e. The Morgan fingerprint density at radius 2 is 2.12 bits per heavy atom. The van der Waals surface area contributed by atoms with Crippen LogP contribution in [0.3, 0.4) is 0 Å². The first-order valence-electron chi connectivity index (χ1n) is 8.06. The maximum atomic E-state index is 12.8. The summed E-state index contributed by atoms with van der Waals surface area (Å²) in [6, 6.07) is 3.55. The van der Waals surface area contributed by atoms with Crippen molar-refractivity contribution < 1.29 is 24.0 Å². The molecule has 1 saturated heterocycles. The number of hydrogen-bond acceptors (Lipinski definition) is 5. The van der Waals surface area contributed by atoms with E-state index >= 15 is 0 Å². The third-order valence-electron chi connectivity index (χ3n) is 4.49. The Labute approximate surface area is 144 Å². The number of carbonyl (C=O) groups excluding carboxylic acids is 1. The molecule has 8 nitrogen and oxygen atoms in total. The Kier molecular flexibility index (Phi) is 4.38.